The maximum atomic E-state index is 10.8. The van der Waals surface area contributed by atoms with Gasteiger partial charge in [0.05, 0.1) is 13.0 Å². The molecule has 1 unspecified atom stereocenters. The number of ether oxygens (including phenoxy) is 1. The molecule has 0 aromatic rings. The largest absolute Gasteiger partial charge is 0.469 e. The van der Waals surface area contributed by atoms with Gasteiger partial charge in [-0.05, 0) is 13.3 Å². The van der Waals surface area contributed by atoms with Crippen molar-refractivity contribution in [2.24, 2.45) is 5.92 Å². The lowest BCUT2D eigenvalue weighted by atomic mass is 10.0. The molecule has 0 aliphatic heterocycles. The molecule has 0 radical (unpaired) electrons. The number of methoxy groups -OCH3 is 1. The summed E-state index contributed by atoms with van der Waals surface area (Å²) in [5, 5.41) is 0. The standard InChI is InChI=1S/C8H14O2/c1-5-6(2)7(3)8(9)10-4/h7H,2,5H2,1,3-4H3. The molecule has 0 spiro atoms. The van der Waals surface area contributed by atoms with Gasteiger partial charge in [-0.25, -0.2) is 0 Å². The number of hydrogen-bond acceptors (Lipinski definition) is 2. The molecular weight excluding hydrogens is 128 g/mol. The molecule has 0 rings (SSSR count). The molecule has 0 saturated carbocycles. The van der Waals surface area contributed by atoms with E-state index < -0.39 is 0 Å². The van der Waals surface area contributed by atoms with Gasteiger partial charge in [-0.15, -0.1) is 0 Å². The monoisotopic (exact) mass is 142 g/mol. The Morgan fingerprint density at radius 3 is 2.50 bits per heavy atom. The van der Waals surface area contributed by atoms with Crippen LogP contribution in [0.5, 0.6) is 0 Å². The summed E-state index contributed by atoms with van der Waals surface area (Å²) in [6.07, 6.45) is 0.830. The first-order chi connectivity index (χ1) is 4.63. The summed E-state index contributed by atoms with van der Waals surface area (Å²) >= 11 is 0. The normalized spacial score (nSPS) is 12.3. The summed E-state index contributed by atoms with van der Waals surface area (Å²) in [5.74, 6) is -0.359. The summed E-state index contributed by atoms with van der Waals surface area (Å²) in [6, 6.07) is 0. The predicted molar refractivity (Wildman–Crippen MR) is 40.6 cm³/mol. The lowest BCUT2D eigenvalue weighted by Gasteiger charge is -2.09. The Balaban J connectivity index is 3.94. The van der Waals surface area contributed by atoms with E-state index in [0.29, 0.717) is 0 Å². The Morgan fingerprint density at radius 2 is 2.20 bits per heavy atom. The maximum absolute atomic E-state index is 10.8. The van der Waals surface area contributed by atoms with Gasteiger partial charge in [0.25, 0.3) is 0 Å². The molecule has 0 saturated heterocycles. The highest BCUT2D eigenvalue weighted by Crippen LogP contribution is 2.12. The third kappa shape index (κ3) is 2.21. The lowest BCUT2D eigenvalue weighted by molar-refractivity contribution is -0.143. The van der Waals surface area contributed by atoms with Crippen molar-refractivity contribution in [2.75, 3.05) is 7.11 Å². The van der Waals surface area contributed by atoms with Crippen molar-refractivity contribution in [3.63, 3.8) is 0 Å². The van der Waals surface area contributed by atoms with E-state index in [2.05, 4.69) is 11.3 Å². The highest BCUT2D eigenvalue weighted by Gasteiger charge is 2.14. The van der Waals surface area contributed by atoms with Crippen molar-refractivity contribution < 1.29 is 9.53 Å². The Morgan fingerprint density at radius 1 is 1.70 bits per heavy atom. The molecule has 0 bridgehead atoms. The Bertz CT molecular complexity index is 122. The van der Waals surface area contributed by atoms with Crippen LogP contribution in [0.4, 0.5) is 0 Å². The molecule has 0 N–H and O–H groups in total. The van der Waals surface area contributed by atoms with Crippen LogP contribution in [-0.2, 0) is 9.53 Å². The average molecular weight is 142 g/mol. The van der Waals surface area contributed by atoms with Crippen molar-refractivity contribution in [1.82, 2.24) is 0 Å². The molecule has 2 nitrogen and oxygen atoms in total. The topological polar surface area (TPSA) is 26.3 Å². The third-order valence-electron chi connectivity index (χ3n) is 1.62. The summed E-state index contributed by atoms with van der Waals surface area (Å²) in [4.78, 5) is 10.8. The molecule has 0 fully saturated rings. The van der Waals surface area contributed by atoms with Crippen LogP contribution >= 0.6 is 0 Å². The van der Waals surface area contributed by atoms with Gasteiger partial charge in [0.1, 0.15) is 0 Å². The first-order valence-electron chi connectivity index (χ1n) is 3.39. The minimum atomic E-state index is -0.202. The number of hydrogen-bond donors (Lipinski definition) is 0. The van der Waals surface area contributed by atoms with Crippen LogP contribution in [0.2, 0.25) is 0 Å². The molecule has 58 valence electrons. The Kier molecular flexibility index (Phi) is 3.77. The quantitative estimate of drug-likeness (QED) is 0.443. The molecule has 0 aromatic carbocycles. The van der Waals surface area contributed by atoms with E-state index in [4.69, 9.17) is 0 Å². The fourth-order valence-electron chi connectivity index (χ4n) is 0.650. The second kappa shape index (κ2) is 4.09. The van der Waals surface area contributed by atoms with Crippen molar-refractivity contribution >= 4 is 5.97 Å². The predicted octanol–water partition coefficient (Wildman–Crippen LogP) is 1.76. The number of rotatable bonds is 3. The number of esters is 1. The van der Waals surface area contributed by atoms with Crippen LogP contribution in [0.3, 0.4) is 0 Å². The van der Waals surface area contributed by atoms with E-state index in [1.165, 1.54) is 7.11 Å². The van der Waals surface area contributed by atoms with Gasteiger partial charge in [0.15, 0.2) is 0 Å². The summed E-state index contributed by atoms with van der Waals surface area (Å²) in [5.41, 5.74) is 0.923. The zero-order valence-electron chi connectivity index (χ0n) is 6.81. The van der Waals surface area contributed by atoms with Crippen LogP contribution in [0.25, 0.3) is 0 Å². The maximum Gasteiger partial charge on any atom is 0.312 e. The summed E-state index contributed by atoms with van der Waals surface area (Å²) in [6.45, 7) is 7.52. The van der Waals surface area contributed by atoms with Crippen LogP contribution in [0, 0.1) is 5.92 Å². The minimum absolute atomic E-state index is 0.157. The third-order valence-corrected chi connectivity index (χ3v) is 1.62. The first kappa shape index (κ1) is 9.21. The fraction of sp³-hybridized carbons (Fsp3) is 0.625. The number of carbonyl (C=O) groups excluding carboxylic acids is 1. The van der Waals surface area contributed by atoms with E-state index in [1.54, 1.807) is 6.92 Å². The molecule has 0 aliphatic rings. The highest BCUT2D eigenvalue weighted by molar-refractivity contribution is 5.74. The second-order valence-corrected chi connectivity index (χ2v) is 2.26. The Hall–Kier alpha value is -0.790. The molecule has 0 heterocycles. The van der Waals surface area contributed by atoms with Crippen LogP contribution in [-0.4, -0.2) is 13.1 Å². The first-order valence-corrected chi connectivity index (χ1v) is 3.39. The molecule has 10 heavy (non-hydrogen) atoms. The van der Waals surface area contributed by atoms with Crippen LogP contribution in [0.1, 0.15) is 20.3 Å². The molecule has 0 aliphatic carbocycles. The molecule has 0 aromatic heterocycles. The lowest BCUT2D eigenvalue weighted by Crippen LogP contribution is -2.13. The van der Waals surface area contributed by atoms with Crippen molar-refractivity contribution in [3.8, 4) is 0 Å². The number of carbonyl (C=O) groups is 1. The summed E-state index contributed by atoms with van der Waals surface area (Å²) < 4.78 is 4.54. The van der Waals surface area contributed by atoms with Crippen molar-refractivity contribution in [3.05, 3.63) is 12.2 Å². The Labute approximate surface area is 61.9 Å². The van der Waals surface area contributed by atoms with Crippen molar-refractivity contribution in [1.29, 1.82) is 0 Å². The molecular formula is C8H14O2. The van der Waals surface area contributed by atoms with E-state index in [-0.39, 0.29) is 11.9 Å². The van der Waals surface area contributed by atoms with Gasteiger partial charge in [-0.2, -0.15) is 0 Å². The van der Waals surface area contributed by atoms with Gasteiger partial charge >= 0.3 is 5.97 Å². The molecule has 2 heteroatoms. The van der Waals surface area contributed by atoms with E-state index in [9.17, 15) is 4.79 Å². The summed E-state index contributed by atoms with van der Waals surface area (Å²) in [7, 11) is 1.39. The zero-order chi connectivity index (χ0) is 8.15. The molecule has 1 atom stereocenters. The van der Waals surface area contributed by atoms with Gasteiger partial charge in [0.2, 0.25) is 0 Å². The SMILES string of the molecule is C=C(CC)C(C)C(=O)OC. The average Bonchev–Trinajstić information content (AvgIpc) is 2.00. The van der Waals surface area contributed by atoms with Gasteiger partial charge < -0.3 is 4.74 Å². The van der Waals surface area contributed by atoms with E-state index in [1.807, 2.05) is 6.92 Å². The van der Waals surface area contributed by atoms with Gasteiger partial charge in [0, 0.05) is 0 Å². The fourth-order valence-corrected chi connectivity index (χ4v) is 0.650. The van der Waals surface area contributed by atoms with E-state index >= 15 is 0 Å². The second-order valence-electron chi connectivity index (χ2n) is 2.26. The van der Waals surface area contributed by atoms with Gasteiger partial charge in [-0.1, -0.05) is 19.1 Å². The van der Waals surface area contributed by atoms with Crippen LogP contribution in [0.15, 0.2) is 12.2 Å². The zero-order valence-corrected chi connectivity index (χ0v) is 6.81. The smallest absolute Gasteiger partial charge is 0.312 e. The van der Waals surface area contributed by atoms with Gasteiger partial charge in [-0.3, -0.25) is 4.79 Å². The van der Waals surface area contributed by atoms with E-state index in [0.717, 1.165) is 12.0 Å². The minimum Gasteiger partial charge on any atom is -0.469 e. The molecule has 0 amide bonds. The van der Waals surface area contributed by atoms with Crippen molar-refractivity contribution in [2.45, 2.75) is 20.3 Å². The highest BCUT2D eigenvalue weighted by atomic mass is 16.5. The van der Waals surface area contributed by atoms with Crippen LogP contribution < -0.4 is 0 Å².